The van der Waals surface area contributed by atoms with Gasteiger partial charge >= 0.3 is 6.03 Å². The molecule has 0 aromatic rings. The summed E-state index contributed by atoms with van der Waals surface area (Å²) in [5.74, 6) is 0. The maximum atomic E-state index is 12.3. The third-order valence-corrected chi connectivity index (χ3v) is 6.51. The van der Waals surface area contributed by atoms with Crippen molar-refractivity contribution >= 4 is 6.03 Å². The number of rotatable bonds is 4. The first-order valence-corrected chi connectivity index (χ1v) is 8.72. The molecule has 2 amide bonds. The van der Waals surface area contributed by atoms with Crippen molar-refractivity contribution in [1.29, 1.82) is 0 Å². The number of hydrogen-bond acceptors (Lipinski definition) is 3. The molecule has 0 unspecified atom stereocenters. The van der Waals surface area contributed by atoms with Crippen LogP contribution in [-0.4, -0.2) is 54.9 Å². The average Bonchev–Trinajstić information content (AvgIpc) is 3.32. The molecule has 5 nitrogen and oxygen atoms in total. The molecule has 0 aromatic carbocycles. The topological polar surface area (TPSA) is 53.6 Å². The van der Waals surface area contributed by atoms with E-state index in [4.69, 9.17) is 4.74 Å². The fourth-order valence-electron chi connectivity index (χ4n) is 3.96. The van der Waals surface area contributed by atoms with Crippen molar-refractivity contribution in [1.82, 2.24) is 15.5 Å². The lowest BCUT2D eigenvalue weighted by Gasteiger charge is -2.59. The van der Waals surface area contributed by atoms with Crippen LogP contribution in [0.15, 0.2) is 0 Å². The second kappa shape index (κ2) is 5.68. The average molecular weight is 309 g/mol. The van der Waals surface area contributed by atoms with E-state index in [9.17, 15) is 4.79 Å². The molecule has 0 bridgehead atoms. The van der Waals surface area contributed by atoms with Gasteiger partial charge in [-0.1, -0.05) is 13.8 Å². The molecule has 2 saturated carbocycles. The number of carbonyl (C=O) groups excluding carboxylic acids is 1. The zero-order chi connectivity index (χ0) is 16.0. The summed E-state index contributed by atoms with van der Waals surface area (Å²) in [6.07, 6.45) is 5.77. The van der Waals surface area contributed by atoms with Crippen LogP contribution in [0.1, 0.15) is 52.9 Å². The molecule has 1 saturated heterocycles. The Balaban J connectivity index is 1.42. The Morgan fingerprint density at radius 2 is 1.73 bits per heavy atom. The fourth-order valence-corrected chi connectivity index (χ4v) is 3.96. The predicted octanol–water partition coefficient (Wildman–Crippen LogP) is 2.12. The number of carbonyl (C=O) groups is 1. The maximum Gasteiger partial charge on any atom is 0.315 e. The van der Waals surface area contributed by atoms with E-state index in [1.54, 1.807) is 7.11 Å². The highest BCUT2D eigenvalue weighted by atomic mass is 16.5. The molecule has 2 atom stereocenters. The Morgan fingerprint density at radius 1 is 1.09 bits per heavy atom. The van der Waals surface area contributed by atoms with Gasteiger partial charge in [0.05, 0.1) is 5.60 Å². The molecule has 0 radical (unpaired) electrons. The second-order valence-electron chi connectivity index (χ2n) is 8.07. The molecule has 2 N–H and O–H groups in total. The van der Waals surface area contributed by atoms with Crippen molar-refractivity contribution in [3.05, 3.63) is 0 Å². The molecule has 0 aromatic heterocycles. The minimum absolute atomic E-state index is 0.0129. The third kappa shape index (κ3) is 2.85. The van der Waals surface area contributed by atoms with Crippen molar-refractivity contribution < 1.29 is 9.53 Å². The van der Waals surface area contributed by atoms with Crippen LogP contribution in [0.3, 0.4) is 0 Å². The van der Waals surface area contributed by atoms with Crippen molar-refractivity contribution in [2.45, 2.75) is 76.6 Å². The quantitative estimate of drug-likeness (QED) is 0.836. The second-order valence-corrected chi connectivity index (χ2v) is 8.07. The zero-order valence-corrected chi connectivity index (χ0v) is 14.4. The van der Waals surface area contributed by atoms with E-state index in [0.29, 0.717) is 6.04 Å². The third-order valence-electron chi connectivity index (χ3n) is 6.51. The highest BCUT2D eigenvalue weighted by molar-refractivity contribution is 5.75. The van der Waals surface area contributed by atoms with Gasteiger partial charge in [-0.2, -0.15) is 0 Å². The summed E-state index contributed by atoms with van der Waals surface area (Å²) in [5, 5.41) is 6.31. The van der Waals surface area contributed by atoms with Crippen LogP contribution < -0.4 is 10.6 Å². The first-order chi connectivity index (χ1) is 10.4. The van der Waals surface area contributed by atoms with Crippen LogP contribution in [0, 0.1) is 5.41 Å². The Kier molecular flexibility index (Phi) is 4.14. The minimum atomic E-state index is -0.138. The van der Waals surface area contributed by atoms with Crippen LogP contribution in [0.4, 0.5) is 4.79 Å². The number of urea groups is 1. The van der Waals surface area contributed by atoms with Gasteiger partial charge in [-0.05, 0) is 39.0 Å². The molecule has 5 heteroatoms. The summed E-state index contributed by atoms with van der Waals surface area (Å²) in [5.41, 5.74) is -0.172. The summed E-state index contributed by atoms with van der Waals surface area (Å²) in [6, 6.07) is 1.34. The Bertz CT molecular complexity index is 428. The van der Waals surface area contributed by atoms with Gasteiger partial charge in [0.2, 0.25) is 0 Å². The molecule has 1 aliphatic heterocycles. The number of likely N-dealkylation sites (tertiary alicyclic amines) is 1. The van der Waals surface area contributed by atoms with Gasteiger partial charge in [0, 0.05) is 43.7 Å². The van der Waals surface area contributed by atoms with Crippen molar-refractivity contribution in [2.75, 3.05) is 20.2 Å². The largest absolute Gasteiger partial charge is 0.378 e. The molecule has 126 valence electrons. The number of piperidine rings is 1. The van der Waals surface area contributed by atoms with Crippen LogP contribution in [0.25, 0.3) is 0 Å². The molecular weight excluding hydrogens is 278 g/mol. The van der Waals surface area contributed by atoms with E-state index in [1.807, 2.05) is 0 Å². The Morgan fingerprint density at radius 3 is 2.23 bits per heavy atom. The highest BCUT2D eigenvalue weighted by Gasteiger charge is 2.58. The lowest BCUT2D eigenvalue weighted by Crippen LogP contribution is -2.69. The van der Waals surface area contributed by atoms with Crippen LogP contribution in [0.5, 0.6) is 0 Å². The number of amides is 2. The van der Waals surface area contributed by atoms with Crippen LogP contribution in [0.2, 0.25) is 0 Å². The van der Waals surface area contributed by atoms with Gasteiger partial charge in [0.15, 0.2) is 0 Å². The Labute approximate surface area is 134 Å². The van der Waals surface area contributed by atoms with Crippen molar-refractivity contribution in [3.8, 4) is 0 Å². The first kappa shape index (κ1) is 16.1. The van der Waals surface area contributed by atoms with E-state index in [1.165, 1.54) is 12.8 Å². The lowest BCUT2D eigenvalue weighted by molar-refractivity contribution is -0.177. The molecular formula is C17H31N3O2. The van der Waals surface area contributed by atoms with Gasteiger partial charge in [-0.25, -0.2) is 4.79 Å². The van der Waals surface area contributed by atoms with Gasteiger partial charge < -0.3 is 20.3 Å². The molecule has 2 aliphatic carbocycles. The van der Waals surface area contributed by atoms with E-state index >= 15 is 0 Å². The zero-order valence-electron chi connectivity index (χ0n) is 14.4. The normalized spacial score (nSPS) is 35.7. The molecule has 3 fully saturated rings. The summed E-state index contributed by atoms with van der Waals surface area (Å²) in [7, 11) is 1.76. The molecule has 0 spiro atoms. The summed E-state index contributed by atoms with van der Waals surface area (Å²) < 4.78 is 5.61. The van der Waals surface area contributed by atoms with Gasteiger partial charge in [0.1, 0.15) is 0 Å². The summed E-state index contributed by atoms with van der Waals surface area (Å²) in [4.78, 5) is 14.8. The lowest BCUT2D eigenvalue weighted by atomic mass is 9.56. The fraction of sp³-hybridized carbons (Fsp3) is 0.941. The van der Waals surface area contributed by atoms with Crippen LogP contribution >= 0.6 is 0 Å². The van der Waals surface area contributed by atoms with E-state index in [0.717, 1.165) is 38.4 Å². The first-order valence-electron chi connectivity index (χ1n) is 8.72. The summed E-state index contributed by atoms with van der Waals surface area (Å²) in [6.45, 7) is 8.72. The maximum absolute atomic E-state index is 12.3. The number of nitrogens with one attached hydrogen (secondary N) is 2. The van der Waals surface area contributed by atoms with Crippen molar-refractivity contribution in [2.24, 2.45) is 5.41 Å². The number of methoxy groups -OCH3 is 1. The molecule has 3 rings (SSSR count). The minimum Gasteiger partial charge on any atom is -0.378 e. The smallest absolute Gasteiger partial charge is 0.315 e. The standard InChI is InChI=1S/C17H31N3O2/c1-16(2)14(11-17(16,3)22-4)19-15(21)18-12-7-9-20(10-8-12)13-5-6-13/h12-14H,5-11H2,1-4H3,(H2,18,19,21)/t14-,17+/m0/s1. The van der Waals surface area contributed by atoms with Crippen LogP contribution in [-0.2, 0) is 4.74 Å². The Hall–Kier alpha value is -0.810. The molecule has 22 heavy (non-hydrogen) atoms. The highest BCUT2D eigenvalue weighted by Crippen LogP contribution is 2.51. The van der Waals surface area contributed by atoms with E-state index in [-0.39, 0.29) is 23.1 Å². The van der Waals surface area contributed by atoms with Gasteiger partial charge in [0.25, 0.3) is 0 Å². The SMILES string of the molecule is CO[C@]1(C)C[C@H](NC(=O)NC2CCN(C3CC3)CC2)C1(C)C. The number of hydrogen-bond donors (Lipinski definition) is 2. The number of nitrogens with zero attached hydrogens (tertiary/aromatic N) is 1. The predicted molar refractivity (Wildman–Crippen MR) is 86.9 cm³/mol. The molecule has 3 aliphatic rings. The number of ether oxygens (including phenoxy) is 1. The van der Waals surface area contributed by atoms with E-state index in [2.05, 4.69) is 36.3 Å². The molecule has 1 heterocycles. The summed E-state index contributed by atoms with van der Waals surface area (Å²) >= 11 is 0. The van der Waals surface area contributed by atoms with Gasteiger partial charge in [-0.3, -0.25) is 0 Å². The monoisotopic (exact) mass is 309 g/mol. The van der Waals surface area contributed by atoms with Crippen molar-refractivity contribution in [3.63, 3.8) is 0 Å². The van der Waals surface area contributed by atoms with E-state index < -0.39 is 0 Å². The van der Waals surface area contributed by atoms with Gasteiger partial charge in [-0.15, -0.1) is 0 Å².